The van der Waals surface area contributed by atoms with Crippen LogP contribution in [0, 0.1) is 5.82 Å². The highest BCUT2D eigenvalue weighted by Gasteiger charge is 2.26. The van der Waals surface area contributed by atoms with Gasteiger partial charge >= 0.3 is 5.97 Å². The first-order chi connectivity index (χ1) is 16.0. The molecule has 3 heterocycles. The first-order valence-electron chi connectivity index (χ1n) is 10.9. The molecule has 2 aromatic heterocycles. The molecule has 0 saturated heterocycles. The lowest BCUT2D eigenvalue weighted by Crippen LogP contribution is -2.29. The number of halogens is 1. The summed E-state index contributed by atoms with van der Waals surface area (Å²) in [6, 6.07) is 7.78. The van der Waals surface area contributed by atoms with Crippen molar-refractivity contribution in [2.45, 2.75) is 25.9 Å². The van der Waals surface area contributed by atoms with E-state index in [0.717, 1.165) is 5.56 Å². The summed E-state index contributed by atoms with van der Waals surface area (Å²) in [7, 11) is 3.18. The summed E-state index contributed by atoms with van der Waals surface area (Å²) in [6.45, 7) is 2.61. The Hall–Kier alpha value is -3.46. The van der Waals surface area contributed by atoms with Crippen LogP contribution in [0.25, 0.3) is 0 Å². The van der Waals surface area contributed by atoms with Crippen LogP contribution < -0.4 is 10.3 Å². The largest absolute Gasteiger partial charge is 0.492 e. The van der Waals surface area contributed by atoms with Gasteiger partial charge in [-0.25, -0.2) is 9.18 Å². The first kappa shape index (κ1) is 22.7. The number of methoxy groups -OCH3 is 1. The molecular formula is C24H27FN4O4. The van der Waals surface area contributed by atoms with Gasteiger partial charge in [-0.2, -0.15) is 5.10 Å². The molecule has 33 heavy (non-hydrogen) atoms. The van der Waals surface area contributed by atoms with E-state index in [-0.39, 0.29) is 29.3 Å². The summed E-state index contributed by atoms with van der Waals surface area (Å²) in [6.07, 6.45) is 4.59. The highest BCUT2D eigenvalue weighted by Crippen LogP contribution is 2.25. The van der Waals surface area contributed by atoms with Crippen LogP contribution in [0.1, 0.15) is 27.2 Å². The molecule has 4 rings (SSSR count). The Balaban J connectivity index is 1.56. The third kappa shape index (κ3) is 5.14. The summed E-state index contributed by atoms with van der Waals surface area (Å²) < 4.78 is 28.1. The van der Waals surface area contributed by atoms with E-state index in [0.29, 0.717) is 50.3 Å². The molecule has 3 aromatic rings. The van der Waals surface area contributed by atoms with E-state index in [2.05, 4.69) is 10.00 Å². The number of rotatable bonds is 7. The van der Waals surface area contributed by atoms with Gasteiger partial charge in [0.1, 0.15) is 17.1 Å². The summed E-state index contributed by atoms with van der Waals surface area (Å²) >= 11 is 0. The zero-order chi connectivity index (χ0) is 23.4. The van der Waals surface area contributed by atoms with E-state index in [9.17, 15) is 14.0 Å². The zero-order valence-corrected chi connectivity index (χ0v) is 18.8. The minimum atomic E-state index is -0.555. The van der Waals surface area contributed by atoms with Gasteiger partial charge in [-0.1, -0.05) is 18.2 Å². The highest BCUT2D eigenvalue weighted by atomic mass is 19.1. The molecule has 174 valence electrons. The monoisotopic (exact) mass is 454 g/mol. The topological polar surface area (TPSA) is 78.6 Å². The van der Waals surface area contributed by atoms with Crippen molar-refractivity contribution in [3.05, 3.63) is 81.3 Å². The van der Waals surface area contributed by atoms with Crippen LogP contribution in [-0.4, -0.2) is 52.0 Å². The second kappa shape index (κ2) is 9.99. The number of carbonyl (C=O) groups is 1. The van der Waals surface area contributed by atoms with Crippen LogP contribution in [0.4, 0.5) is 4.39 Å². The highest BCUT2D eigenvalue weighted by molar-refractivity contribution is 5.93. The fraction of sp³-hybridized carbons (Fsp3) is 0.375. The van der Waals surface area contributed by atoms with Crippen molar-refractivity contribution in [3.63, 3.8) is 0 Å². The van der Waals surface area contributed by atoms with Crippen LogP contribution in [0.3, 0.4) is 0 Å². The Morgan fingerprint density at radius 3 is 2.76 bits per heavy atom. The van der Waals surface area contributed by atoms with Crippen molar-refractivity contribution in [1.29, 1.82) is 0 Å². The van der Waals surface area contributed by atoms with Gasteiger partial charge in [0.25, 0.3) is 5.56 Å². The van der Waals surface area contributed by atoms with E-state index in [4.69, 9.17) is 9.47 Å². The number of esters is 1. The number of ether oxygens (including phenoxy) is 2. The van der Waals surface area contributed by atoms with E-state index in [1.54, 1.807) is 27.4 Å². The lowest BCUT2D eigenvalue weighted by Gasteiger charge is -2.18. The number of hydrogen-bond donors (Lipinski definition) is 0. The maximum Gasteiger partial charge on any atom is 0.343 e. The van der Waals surface area contributed by atoms with Crippen LogP contribution >= 0.6 is 0 Å². The molecule has 8 nitrogen and oxygen atoms in total. The molecule has 1 aliphatic rings. The Morgan fingerprint density at radius 1 is 1.21 bits per heavy atom. The normalized spacial score (nSPS) is 13.9. The molecule has 0 fully saturated rings. The molecule has 0 aliphatic carbocycles. The van der Waals surface area contributed by atoms with Crippen LogP contribution in [0.2, 0.25) is 0 Å². The molecule has 0 saturated carbocycles. The van der Waals surface area contributed by atoms with Crippen molar-refractivity contribution in [1.82, 2.24) is 19.2 Å². The summed E-state index contributed by atoms with van der Waals surface area (Å²) in [5.74, 6) is -0.694. The number of aryl methyl sites for hydroxylation is 1. The van der Waals surface area contributed by atoms with Crippen LogP contribution in [0.5, 0.6) is 5.75 Å². The lowest BCUT2D eigenvalue weighted by molar-refractivity contribution is 0.0593. The van der Waals surface area contributed by atoms with Gasteiger partial charge in [-0.3, -0.25) is 14.4 Å². The fourth-order valence-corrected chi connectivity index (χ4v) is 4.17. The standard InChI is InChI=1S/C24H27FN4O4/c1-27-15-17(14-26-27)16-28-9-7-20-23(24(31)32-2)21(13-22(30)29(20)11-10-28)33-12-8-18-5-3-4-6-19(18)25/h3-6,13-15H,7-12,16H2,1-2H3. The Morgan fingerprint density at radius 2 is 2.03 bits per heavy atom. The second-order valence-electron chi connectivity index (χ2n) is 8.05. The lowest BCUT2D eigenvalue weighted by atomic mass is 10.1. The van der Waals surface area contributed by atoms with E-state index in [1.165, 1.54) is 19.2 Å². The van der Waals surface area contributed by atoms with E-state index in [1.807, 2.05) is 19.4 Å². The molecule has 0 atom stereocenters. The number of carbonyl (C=O) groups excluding carboxylic acids is 1. The Bertz CT molecular complexity index is 1200. The second-order valence-corrected chi connectivity index (χ2v) is 8.05. The van der Waals surface area contributed by atoms with E-state index < -0.39 is 5.97 Å². The van der Waals surface area contributed by atoms with Crippen molar-refractivity contribution >= 4 is 5.97 Å². The number of hydrogen-bond acceptors (Lipinski definition) is 6. The maximum absolute atomic E-state index is 13.9. The number of nitrogens with zero attached hydrogens (tertiary/aromatic N) is 4. The first-order valence-corrected chi connectivity index (χ1v) is 10.9. The predicted molar refractivity (Wildman–Crippen MR) is 120 cm³/mol. The third-order valence-corrected chi connectivity index (χ3v) is 5.83. The average molecular weight is 455 g/mol. The summed E-state index contributed by atoms with van der Waals surface area (Å²) in [5.41, 5.74) is 2.22. The molecule has 0 spiro atoms. The Labute approximate surface area is 191 Å². The number of pyridine rings is 1. The summed E-state index contributed by atoms with van der Waals surface area (Å²) in [4.78, 5) is 27.8. The fourth-order valence-electron chi connectivity index (χ4n) is 4.17. The zero-order valence-electron chi connectivity index (χ0n) is 18.8. The van der Waals surface area contributed by atoms with Crippen molar-refractivity contribution in [3.8, 4) is 5.75 Å². The molecule has 0 unspecified atom stereocenters. The van der Waals surface area contributed by atoms with Gasteiger partial charge < -0.3 is 14.0 Å². The van der Waals surface area contributed by atoms with Gasteiger partial charge in [0, 0.05) is 69.6 Å². The van der Waals surface area contributed by atoms with Gasteiger partial charge in [0.15, 0.2) is 0 Å². The van der Waals surface area contributed by atoms with Crippen LogP contribution in [0.15, 0.2) is 47.5 Å². The number of aromatic nitrogens is 3. The predicted octanol–water partition coefficient (Wildman–Crippen LogP) is 2.19. The number of benzene rings is 1. The van der Waals surface area contributed by atoms with Crippen LogP contribution in [-0.2, 0) is 37.7 Å². The molecule has 9 heteroatoms. The van der Waals surface area contributed by atoms with Crippen molar-refractivity contribution in [2.75, 3.05) is 26.8 Å². The SMILES string of the molecule is COC(=O)c1c(OCCc2ccccc2F)cc(=O)n2c1CCN(Cc1cnn(C)c1)CC2. The molecule has 0 amide bonds. The molecule has 1 aromatic carbocycles. The van der Waals surface area contributed by atoms with E-state index >= 15 is 0 Å². The van der Waals surface area contributed by atoms with Gasteiger partial charge in [0.2, 0.25) is 0 Å². The van der Waals surface area contributed by atoms with Gasteiger partial charge in [0.05, 0.1) is 19.9 Å². The number of fused-ring (bicyclic) bond motifs is 1. The Kier molecular flexibility index (Phi) is 6.88. The van der Waals surface area contributed by atoms with Gasteiger partial charge in [-0.15, -0.1) is 0 Å². The minimum absolute atomic E-state index is 0.126. The van der Waals surface area contributed by atoms with Crippen molar-refractivity contribution < 1.29 is 18.7 Å². The van der Waals surface area contributed by atoms with Gasteiger partial charge in [-0.05, 0) is 11.6 Å². The average Bonchev–Trinajstić information content (AvgIpc) is 3.09. The molecule has 0 N–H and O–H groups in total. The van der Waals surface area contributed by atoms with Crippen molar-refractivity contribution in [2.24, 2.45) is 7.05 Å². The quantitative estimate of drug-likeness (QED) is 0.510. The minimum Gasteiger partial charge on any atom is -0.492 e. The molecule has 0 radical (unpaired) electrons. The third-order valence-electron chi connectivity index (χ3n) is 5.83. The molecule has 0 bridgehead atoms. The molecule has 1 aliphatic heterocycles. The smallest absolute Gasteiger partial charge is 0.343 e. The molecular weight excluding hydrogens is 427 g/mol. The summed E-state index contributed by atoms with van der Waals surface area (Å²) in [5, 5.41) is 4.21. The maximum atomic E-state index is 13.9.